The highest BCUT2D eigenvalue weighted by Gasteiger charge is 2.13. The van der Waals surface area contributed by atoms with Crippen molar-refractivity contribution in [1.29, 1.82) is 0 Å². The Balaban J connectivity index is 2.27. The summed E-state index contributed by atoms with van der Waals surface area (Å²) in [5.41, 5.74) is 0. The van der Waals surface area contributed by atoms with Crippen LogP contribution >= 0.6 is 11.8 Å². The maximum atomic E-state index is 11.1. The van der Waals surface area contributed by atoms with Crippen molar-refractivity contribution in [1.82, 2.24) is 14.8 Å². The summed E-state index contributed by atoms with van der Waals surface area (Å²) in [6.45, 7) is 2.07. The molecule has 0 bridgehead atoms. The molecule has 6 nitrogen and oxygen atoms in total. The summed E-state index contributed by atoms with van der Waals surface area (Å²) in [6, 6.07) is 0. The van der Waals surface area contributed by atoms with E-state index in [2.05, 4.69) is 10.2 Å². The number of rotatable bonds is 6. The second-order valence-electron chi connectivity index (χ2n) is 3.20. The molecule has 0 amide bonds. The quantitative estimate of drug-likeness (QED) is 0.570. The highest BCUT2D eigenvalue weighted by molar-refractivity contribution is 7.99. The number of hydrogen-bond donors (Lipinski definition) is 1. The molecule has 1 rings (SSSR count). The zero-order valence-electron chi connectivity index (χ0n) is 9.29. The monoisotopic (exact) mass is 245 g/mol. The van der Waals surface area contributed by atoms with Gasteiger partial charge in [-0.05, 0) is 6.92 Å². The number of hydrogen-bond acceptors (Lipinski definition) is 6. The van der Waals surface area contributed by atoms with E-state index in [-0.39, 0.29) is 12.4 Å². The van der Waals surface area contributed by atoms with E-state index in [0.29, 0.717) is 17.5 Å². The number of esters is 1. The average molecular weight is 245 g/mol. The molecule has 0 aliphatic rings. The fraction of sp³-hybridized carbons (Fsp3) is 0.667. The smallest absolute Gasteiger partial charge is 0.308 e. The Kier molecular flexibility index (Phi) is 5.27. The van der Waals surface area contributed by atoms with E-state index in [9.17, 15) is 9.90 Å². The molecule has 0 saturated carbocycles. The number of carbonyl (C=O) groups is 1. The molecule has 0 radical (unpaired) electrons. The Morgan fingerprint density at radius 2 is 2.50 bits per heavy atom. The van der Waals surface area contributed by atoms with Gasteiger partial charge in [-0.2, -0.15) is 0 Å². The van der Waals surface area contributed by atoms with Gasteiger partial charge in [0.1, 0.15) is 6.33 Å². The number of aliphatic hydroxyl groups excluding tert-OH is 1. The molecule has 0 aliphatic carbocycles. The molecule has 1 N–H and O–H groups in total. The van der Waals surface area contributed by atoms with E-state index < -0.39 is 6.10 Å². The van der Waals surface area contributed by atoms with Gasteiger partial charge in [0.25, 0.3) is 0 Å². The van der Waals surface area contributed by atoms with Crippen LogP contribution in [0.1, 0.15) is 13.3 Å². The number of ether oxygens (including phenoxy) is 1. The second kappa shape index (κ2) is 6.49. The normalized spacial score (nSPS) is 12.4. The maximum Gasteiger partial charge on any atom is 0.308 e. The van der Waals surface area contributed by atoms with E-state index in [0.717, 1.165) is 0 Å². The Bertz CT molecular complexity index is 342. The predicted molar refractivity (Wildman–Crippen MR) is 59.0 cm³/mol. The van der Waals surface area contributed by atoms with Crippen molar-refractivity contribution in [2.75, 3.05) is 12.4 Å². The first kappa shape index (κ1) is 13.0. The summed E-state index contributed by atoms with van der Waals surface area (Å²) in [7, 11) is 1.82. The predicted octanol–water partition coefficient (Wildman–Crippen LogP) is 0.221. The third-order valence-corrected chi connectivity index (χ3v) is 2.96. The van der Waals surface area contributed by atoms with E-state index in [1.54, 1.807) is 17.8 Å². The topological polar surface area (TPSA) is 77.2 Å². The van der Waals surface area contributed by atoms with Gasteiger partial charge in [0.15, 0.2) is 5.16 Å². The number of aromatic nitrogens is 3. The lowest BCUT2D eigenvalue weighted by atomic mass is 10.3. The van der Waals surface area contributed by atoms with Crippen LogP contribution in [0.5, 0.6) is 0 Å². The fourth-order valence-corrected chi connectivity index (χ4v) is 1.86. The van der Waals surface area contributed by atoms with Gasteiger partial charge in [-0.1, -0.05) is 11.8 Å². The van der Waals surface area contributed by atoms with Gasteiger partial charge < -0.3 is 14.4 Å². The van der Waals surface area contributed by atoms with E-state index >= 15 is 0 Å². The second-order valence-corrected chi connectivity index (χ2v) is 4.19. The first-order chi connectivity index (χ1) is 7.63. The van der Waals surface area contributed by atoms with Crippen LogP contribution in [0.4, 0.5) is 0 Å². The summed E-state index contributed by atoms with van der Waals surface area (Å²) in [4.78, 5) is 11.1. The summed E-state index contributed by atoms with van der Waals surface area (Å²) in [5, 5.41) is 17.8. The third-order valence-electron chi connectivity index (χ3n) is 1.78. The van der Waals surface area contributed by atoms with Crippen LogP contribution in [-0.4, -0.2) is 44.3 Å². The molecule has 1 aromatic rings. The molecule has 0 aromatic carbocycles. The standard InChI is InChI=1S/C9H15N3O3S/c1-3-15-8(14)4-7(13)5-16-9-11-10-6-12(9)2/h6-7,13H,3-5H2,1-2H3. The summed E-state index contributed by atoms with van der Waals surface area (Å²) in [6.07, 6.45) is 0.874. The van der Waals surface area contributed by atoms with Gasteiger partial charge in [0, 0.05) is 12.8 Å². The zero-order valence-corrected chi connectivity index (χ0v) is 10.1. The van der Waals surface area contributed by atoms with Gasteiger partial charge in [0.2, 0.25) is 0 Å². The lowest BCUT2D eigenvalue weighted by molar-refractivity contribution is -0.144. The molecule has 1 heterocycles. The van der Waals surface area contributed by atoms with Crippen molar-refractivity contribution in [3.8, 4) is 0 Å². The molecule has 0 fully saturated rings. The van der Waals surface area contributed by atoms with E-state index in [4.69, 9.17) is 4.74 Å². The van der Waals surface area contributed by atoms with Crippen LogP contribution in [0, 0.1) is 0 Å². The van der Waals surface area contributed by atoms with Crippen LogP contribution in [0.3, 0.4) is 0 Å². The largest absolute Gasteiger partial charge is 0.466 e. The number of nitrogens with zero attached hydrogens (tertiary/aromatic N) is 3. The number of aryl methyl sites for hydroxylation is 1. The van der Waals surface area contributed by atoms with Gasteiger partial charge in [-0.3, -0.25) is 4.79 Å². The molecule has 0 spiro atoms. The average Bonchev–Trinajstić information content (AvgIpc) is 2.61. The highest BCUT2D eigenvalue weighted by atomic mass is 32.2. The fourth-order valence-electron chi connectivity index (χ4n) is 1.05. The number of aliphatic hydroxyl groups is 1. The highest BCUT2D eigenvalue weighted by Crippen LogP contribution is 2.15. The van der Waals surface area contributed by atoms with Gasteiger partial charge in [-0.15, -0.1) is 10.2 Å². The maximum absolute atomic E-state index is 11.1. The molecule has 1 aromatic heterocycles. The minimum atomic E-state index is -0.722. The van der Waals surface area contributed by atoms with Crippen molar-refractivity contribution in [3.63, 3.8) is 0 Å². The number of carbonyl (C=O) groups excluding carboxylic acids is 1. The van der Waals surface area contributed by atoms with Crippen LogP contribution in [0.15, 0.2) is 11.5 Å². The van der Waals surface area contributed by atoms with Crippen molar-refractivity contribution >= 4 is 17.7 Å². The van der Waals surface area contributed by atoms with E-state index in [1.165, 1.54) is 11.8 Å². The van der Waals surface area contributed by atoms with Crippen molar-refractivity contribution in [2.45, 2.75) is 24.6 Å². The van der Waals surface area contributed by atoms with Crippen LogP contribution in [0.25, 0.3) is 0 Å². The zero-order chi connectivity index (χ0) is 12.0. The summed E-state index contributed by atoms with van der Waals surface area (Å²) >= 11 is 1.35. The molecule has 0 aliphatic heterocycles. The van der Waals surface area contributed by atoms with Crippen LogP contribution in [0.2, 0.25) is 0 Å². The van der Waals surface area contributed by atoms with Crippen molar-refractivity contribution in [3.05, 3.63) is 6.33 Å². The van der Waals surface area contributed by atoms with Gasteiger partial charge in [-0.25, -0.2) is 0 Å². The number of thioether (sulfide) groups is 1. The minimum absolute atomic E-state index is 0.0126. The molecule has 1 unspecified atom stereocenters. The SMILES string of the molecule is CCOC(=O)CC(O)CSc1nncn1C. The lowest BCUT2D eigenvalue weighted by Crippen LogP contribution is -2.18. The Morgan fingerprint density at radius 1 is 1.75 bits per heavy atom. The summed E-state index contributed by atoms with van der Waals surface area (Å²) < 4.78 is 6.48. The molecule has 0 saturated heterocycles. The van der Waals surface area contributed by atoms with Crippen molar-refractivity contribution < 1.29 is 14.6 Å². The first-order valence-corrected chi connectivity index (χ1v) is 5.92. The third kappa shape index (κ3) is 4.19. The molecular formula is C9H15N3O3S. The summed E-state index contributed by atoms with van der Waals surface area (Å²) in [5.74, 6) is 0.0132. The molecule has 16 heavy (non-hydrogen) atoms. The molecule has 90 valence electrons. The lowest BCUT2D eigenvalue weighted by Gasteiger charge is -2.08. The Labute approximate surface area is 98.0 Å². The van der Waals surface area contributed by atoms with Crippen molar-refractivity contribution in [2.24, 2.45) is 7.05 Å². The first-order valence-electron chi connectivity index (χ1n) is 4.94. The molecule has 7 heteroatoms. The van der Waals surface area contributed by atoms with Gasteiger partial charge >= 0.3 is 5.97 Å². The molecular weight excluding hydrogens is 230 g/mol. The van der Waals surface area contributed by atoms with E-state index in [1.807, 2.05) is 7.05 Å². The Hall–Kier alpha value is -1.08. The van der Waals surface area contributed by atoms with Crippen LogP contribution < -0.4 is 0 Å². The van der Waals surface area contributed by atoms with Gasteiger partial charge in [0.05, 0.1) is 19.1 Å². The minimum Gasteiger partial charge on any atom is -0.466 e. The molecule has 1 atom stereocenters. The van der Waals surface area contributed by atoms with Crippen LogP contribution in [-0.2, 0) is 16.6 Å². The Morgan fingerprint density at radius 3 is 3.06 bits per heavy atom.